The maximum Gasteiger partial charge on any atom is 0.277 e. The fourth-order valence-corrected chi connectivity index (χ4v) is 2.28. The van der Waals surface area contributed by atoms with Crippen LogP contribution in [-0.2, 0) is 11.2 Å². The number of ether oxygens (including phenoxy) is 1. The van der Waals surface area contributed by atoms with Gasteiger partial charge in [-0.15, -0.1) is 0 Å². The number of furan rings is 1. The highest BCUT2D eigenvalue weighted by Gasteiger charge is 2.07. The summed E-state index contributed by atoms with van der Waals surface area (Å²) >= 11 is 3.43. The minimum atomic E-state index is -0.336. The first-order chi connectivity index (χ1) is 10.6. The number of benzene rings is 1. The van der Waals surface area contributed by atoms with Crippen LogP contribution in [-0.4, -0.2) is 18.2 Å². The summed E-state index contributed by atoms with van der Waals surface area (Å²) in [4.78, 5) is 11.7. The van der Waals surface area contributed by atoms with Gasteiger partial charge in [0.05, 0.1) is 10.7 Å². The number of hydrogen-bond acceptors (Lipinski definition) is 4. The lowest BCUT2D eigenvalue weighted by Gasteiger charge is -2.08. The standard InChI is InChI=1S/C16H17BrN2O3/c1-3-12-6-7-15(13(17)9-12)22-10-16(20)19-18-11(2)14-5-4-8-21-14/h4-9H,3,10H2,1-2H3,(H,19,20)/b18-11+. The van der Waals surface area contributed by atoms with Crippen LogP contribution in [0.1, 0.15) is 25.2 Å². The molecule has 1 aromatic heterocycles. The summed E-state index contributed by atoms with van der Waals surface area (Å²) in [5.41, 5.74) is 4.22. The Hall–Kier alpha value is -2.08. The topological polar surface area (TPSA) is 63.8 Å². The largest absolute Gasteiger partial charge is 0.483 e. The summed E-state index contributed by atoms with van der Waals surface area (Å²) in [7, 11) is 0. The molecule has 0 aliphatic carbocycles. The number of nitrogens with one attached hydrogen (secondary N) is 1. The van der Waals surface area contributed by atoms with E-state index in [2.05, 4.69) is 33.4 Å². The molecule has 5 nitrogen and oxygen atoms in total. The minimum absolute atomic E-state index is 0.112. The molecule has 0 unspecified atom stereocenters. The van der Waals surface area contributed by atoms with Crippen LogP contribution in [0.2, 0.25) is 0 Å². The zero-order chi connectivity index (χ0) is 15.9. The van der Waals surface area contributed by atoms with E-state index in [0.29, 0.717) is 17.2 Å². The van der Waals surface area contributed by atoms with Crippen molar-refractivity contribution in [3.05, 3.63) is 52.4 Å². The van der Waals surface area contributed by atoms with Crippen molar-refractivity contribution in [3.63, 3.8) is 0 Å². The molecular weight excluding hydrogens is 348 g/mol. The van der Waals surface area contributed by atoms with Crippen molar-refractivity contribution in [2.45, 2.75) is 20.3 Å². The molecule has 0 atom stereocenters. The molecule has 0 saturated carbocycles. The van der Waals surface area contributed by atoms with E-state index in [1.54, 1.807) is 25.3 Å². The van der Waals surface area contributed by atoms with Crippen LogP contribution in [0.4, 0.5) is 0 Å². The number of carbonyl (C=O) groups excluding carboxylic acids is 1. The van der Waals surface area contributed by atoms with E-state index in [9.17, 15) is 4.79 Å². The van der Waals surface area contributed by atoms with Crippen molar-refractivity contribution >= 4 is 27.5 Å². The summed E-state index contributed by atoms with van der Waals surface area (Å²) in [6, 6.07) is 9.32. The molecule has 0 aliphatic heterocycles. The molecule has 1 amide bonds. The average Bonchev–Trinajstić information content (AvgIpc) is 3.05. The van der Waals surface area contributed by atoms with Gasteiger partial charge in [-0.3, -0.25) is 4.79 Å². The number of amides is 1. The van der Waals surface area contributed by atoms with Crippen LogP contribution in [0, 0.1) is 0 Å². The van der Waals surface area contributed by atoms with E-state index in [1.807, 2.05) is 18.2 Å². The predicted octanol–water partition coefficient (Wildman–Crippen LogP) is 3.52. The third-order valence-electron chi connectivity index (χ3n) is 2.99. The van der Waals surface area contributed by atoms with Crippen LogP contribution in [0.25, 0.3) is 0 Å². The molecule has 0 bridgehead atoms. The smallest absolute Gasteiger partial charge is 0.277 e. The zero-order valence-corrected chi connectivity index (χ0v) is 14.0. The molecule has 0 aliphatic rings. The minimum Gasteiger partial charge on any atom is -0.483 e. The number of hydrogen-bond donors (Lipinski definition) is 1. The highest BCUT2D eigenvalue weighted by molar-refractivity contribution is 9.10. The van der Waals surface area contributed by atoms with Crippen LogP contribution in [0.15, 0.2) is 50.6 Å². The Morgan fingerprint density at radius 1 is 1.41 bits per heavy atom. The molecular formula is C16H17BrN2O3. The Kier molecular flexibility index (Phi) is 5.77. The van der Waals surface area contributed by atoms with E-state index in [1.165, 1.54) is 5.56 Å². The third-order valence-corrected chi connectivity index (χ3v) is 3.61. The molecule has 2 rings (SSSR count). The van der Waals surface area contributed by atoms with Crippen LogP contribution < -0.4 is 10.2 Å². The summed E-state index contributed by atoms with van der Waals surface area (Å²) in [5.74, 6) is 0.899. The average molecular weight is 365 g/mol. The maximum atomic E-state index is 11.7. The lowest BCUT2D eigenvalue weighted by Crippen LogP contribution is -2.25. The fraction of sp³-hybridized carbons (Fsp3) is 0.250. The van der Waals surface area contributed by atoms with Crippen molar-refractivity contribution in [2.75, 3.05) is 6.61 Å². The summed E-state index contributed by atoms with van der Waals surface area (Å²) in [5, 5.41) is 3.96. The van der Waals surface area contributed by atoms with E-state index in [0.717, 1.165) is 10.9 Å². The van der Waals surface area contributed by atoms with Gasteiger partial charge < -0.3 is 9.15 Å². The maximum absolute atomic E-state index is 11.7. The summed E-state index contributed by atoms with van der Waals surface area (Å²) in [6.45, 7) is 3.72. The normalized spacial score (nSPS) is 11.3. The Labute approximate surface area is 137 Å². The molecule has 0 saturated heterocycles. The number of nitrogens with zero attached hydrogens (tertiary/aromatic N) is 1. The summed E-state index contributed by atoms with van der Waals surface area (Å²) in [6.07, 6.45) is 2.50. The lowest BCUT2D eigenvalue weighted by molar-refractivity contribution is -0.123. The molecule has 2 aromatic rings. The van der Waals surface area contributed by atoms with Gasteiger partial charge in [-0.25, -0.2) is 5.43 Å². The first-order valence-electron chi connectivity index (χ1n) is 6.88. The van der Waals surface area contributed by atoms with Crippen LogP contribution in [0.5, 0.6) is 5.75 Å². The first kappa shape index (κ1) is 16.3. The monoisotopic (exact) mass is 364 g/mol. The molecule has 22 heavy (non-hydrogen) atoms. The van der Waals surface area contributed by atoms with Gasteiger partial charge >= 0.3 is 0 Å². The second-order valence-electron chi connectivity index (χ2n) is 4.62. The number of hydrazone groups is 1. The van der Waals surface area contributed by atoms with Gasteiger partial charge in [-0.05, 0) is 59.1 Å². The number of aryl methyl sites for hydroxylation is 1. The van der Waals surface area contributed by atoms with E-state index < -0.39 is 0 Å². The SMILES string of the molecule is CCc1ccc(OCC(=O)N/N=C(\C)c2ccco2)c(Br)c1. The third kappa shape index (κ3) is 4.46. The van der Waals surface area contributed by atoms with Crippen molar-refractivity contribution in [3.8, 4) is 5.75 Å². The molecule has 116 valence electrons. The van der Waals surface area contributed by atoms with Crippen LogP contribution >= 0.6 is 15.9 Å². The summed E-state index contributed by atoms with van der Waals surface area (Å²) < 4.78 is 11.5. The van der Waals surface area contributed by atoms with Gasteiger partial charge in [0.1, 0.15) is 17.2 Å². The first-order valence-corrected chi connectivity index (χ1v) is 7.67. The second kappa shape index (κ2) is 7.79. The molecule has 1 heterocycles. The van der Waals surface area contributed by atoms with Crippen molar-refractivity contribution in [1.82, 2.24) is 5.43 Å². The lowest BCUT2D eigenvalue weighted by atomic mass is 10.2. The predicted molar refractivity (Wildman–Crippen MR) is 88.1 cm³/mol. The fourth-order valence-electron chi connectivity index (χ4n) is 1.74. The quantitative estimate of drug-likeness (QED) is 0.629. The van der Waals surface area contributed by atoms with Gasteiger partial charge in [-0.1, -0.05) is 13.0 Å². The van der Waals surface area contributed by atoms with E-state index >= 15 is 0 Å². The van der Waals surface area contributed by atoms with Crippen molar-refractivity contribution < 1.29 is 13.9 Å². The Balaban J connectivity index is 1.87. The van der Waals surface area contributed by atoms with Gasteiger partial charge in [0, 0.05) is 0 Å². The second-order valence-corrected chi connectivity index (χ2v) is 5.47. The van der Waals surface area contributed by atoms with Gasteiger partial charge in [0.2, 0.25) is 0 Å². The highest BCUT2D eigenvalue weighted by atomic mass is 79.9. The Bertz CT molecular complexity index is 666. The highest BCUT2D eigenvalue weighted by Crippen LogP contribution is 2.26. The number of halogens is 1. The van der Waals surface area contributed by atoms with Gasteiger partial charge in [0.25, 0.3) is 5.91 Å². The zero-order valence-electron chi connectivity index (χ0n) is 12.4. The van der Waals surface area contributed by atoms with Gasteiger partial charge in [0.15, 0.2) is 6.61 Å². The van der Waals surface area contributed by atoms with E-state index in [-0.39, 0.29) is 12.5 Å². The Morgan fingerprint density at radius 3 is 2.86 bits per heavy atom. The van der Waals surface area contributed by atoms with Crippen LogP contribution in [0.3, 0.4) is 0 Å². The Morgan fingerprint density at radius 2 is 2.23 bits per heavy atom. The molecule has 1 N–H and O–H groups in total. The molecule has 1 aromatic carbocycles. The van der Waals surface area contributed by atoms with Gasteiger partial charge in [-0.2, -0.15) is 5.10 Å². The number of carbonyl (C=O) groups is 1. The van der Waals surface area contributed by atoms with Crippen molar-refractivity contribution in [2.24, 2.45) is 5.10 Å². The molecule has 6 heteroatoms. The van der Waals surface area contributed by atoms with E-state index in [4.69, 9.17) is 9.15 Å². The molecule has 0 radical (unpaired) electrons. The van der Waals surface area contributed by atoms with Crippen molar-refractivity contribution in [1.29, 1.82) is 0 Å². The molecule has 0 fully saturated rings. The molecule has 0 spiro atoms. The number of rotatable bonds is 6.